The molecule has 0 aromatic rings. The minimum atomic E-state index is 0. The molecule has 0 aromatic carbocycles. The van der Waals surface area contributed by atoms with Gasteiger partial charge in [0.25, 0.3) is 0 Å². The molecular weight excluding hydrogens is 144 g/mol. The molecule has 0 aliphatic carbocycles. The van der Waals surface area contributed by atoms with Gasteiger partial charge in [-0.05, 0) is 6.92 Å². The number of rotatable bonds is 1. The molecule has 1 atom stereocenters. The maximum atomic E-state index is 5.17. The van der Waals surface area contributed by atoms with E-state index < -0.39 is 0 Å². The van der Waals surface area contributed by atoms with E-state index in [1.807, 2.05) is 6.92 Å². The van der Waals surface area contributed by atoms with Crippen molar-refractivity contribution in [3.05, 3.63) is 0 Å². The van der Waals surface area contributed by atoms with Crippen molar-refractivity contribution in [3.8, 4) is 0 Å². The zero-order chi connectivity index (χ0) is 4.28. The van der Waals surface area contributed by atoms with Gasteiger partial charge < -0.3 is 11.5 Å². The molecule has 6 heavy (non-hydrogen) atoms. The van der Waals surface area contributed by atoms with E-state index >= 15 is 0 Å². The summed E-state index contributed by atoms with van der Waals surface area (Å²) in [5.41, 5.74) is 10.2. The van der Waals surface area contributed by atoms with Crippen molar-refractivity contribution < 1.29 is 0 Å². The van der Waals surface area contributed by atoms with E-state index in [0.29, 0.717) is 6.54 Å². The molecule has 3 heteroatoms. The number of halogens is 1. The summed E-state index contributed by atoms with van der Waals surface area (Å²) in [6, 6.07) is 0.162. The van der Waals surface area contributed by atoms with Crippen molar-refractivity contribution in [3.63, 3.8) is 0 Å². The fourth-order valence-electron chi connectivity index (χ4n) is 0. The molecule has 2 nitrogen and oxygen atoms in total. The summed E-state index contributed by atoms with van der Waals surface area (Å²) in [6.45, 7) is 2.46. The molecule has 0 fully saturated rings. The first-order valence-corrected chi connectivity index (χ1v) is 1.73. The van der Waals surface area contributed by atoms with Gasteiger partial charge in [0.2, 0.25) is 0 Å². The molecule has 0 aromatic heterocycles. The zero-order valence-electron chi connectivity index (χ0n) is 3.85. The van der Waals surface area contributed by atoms with Crippen molar-refractivity contribution in [1.82, 2.24) is 0 Å². The summed E-state index contributed by atoms with van der Waals surface area (Å²) in [7, 11) is 0. The normalized spacial score (nSPS) is 12.5. The Labute approximate surface area is 48.7 Å². The highest BCUT2D eigenvalue weighted by molar-refractivity contribution is 8.93. The van der Waals surface area contributed by atoms with E-state index in [4.69, 9.17) is 11.5 Å². The van der Waals surface area contributed by atoms with Crippen molar-refractivity contribution >= 4 is 17.0 Å². The summed E-state index contributed by atoms with van der Waals surface area (Å²) in [6.07, 6.45) is 0. The largest absolute Gasteiger partial charge is 0.329 e. The van der Waals surface area contributed by atoms with E-state index in [9.17, 15) is 0 Å². The molecule has 0 amide bonds. The summed E-state index contributed by atoms with van der Waals surface area (Å²) in [5.74, 6) is 0. The Morgan fingerprint density at radius 2 is 1.83 bits per heavy atom. The van der Waals surface area contributed by atoms with Crippen molar-refractivity contribution in [1.29, 1.82) is 0 Å². The first-order chi connectivity index (χ1) is 2.27. The molecule has 40 valence electrons. The number of nitrogens with two attached hydrogens (primary N) is 2. The lowest BCUT2D eigenvalue weighted by molar-refractivity contribution is 0.752. The average molecular weight is 155 g/mol. The van der Waals surface area contributed by atoms with Crippen molar-refractivity contribution in [2.24, 2.45) is 11.5 Å². The van der Waals surface area contributed by atoms with E-state index in [1.165, 1.54) is 0 Å². The second kappa shape index (κ2) is 5.40. The lowest BCUT2D eigenvalue weighted by atomic mass is 10.4. The third kappa shape index (κ3) is 8.83. The second-order valence-electron chi connectivity index (χ2n) is 1.21. The predicted octanol–water partition coefficient (Wildman–Crippen LogP) is -0.130. The number of hydrogen-bond acceptors (Lipinski definition) is 2. The Balaban J connectivity index is 0. The molecule has 0 spiro atoms. The molecule has 0 saturated carbocycles. The summed E-state index contributed by atoms with van der Waals surface area (Å²) in [4.78, 5) is 0. The Morgan fingerprint density at radius 3 is 1.83 bits per heavy atom. The van der Waals surface area contributed by atoms with Gasteiger partial charge in [-0.25, -0.2) is 0 Å². The van der Waals surface area contributed by atoms with Gasteiger partial charge in [-0.3, -0.25) is 0 Å². The van der Waals surface area contributed by atoms with Crippen molar-refractivity contribution in [2.45, 2.75) is 13.0 Å². The Hall–Kier alpha value is 0.400. The van der Waals surface area contributed by atoms with Crippen LogP contribution in [0, 0.1) is 0 Å². The van der Waals surface area contributed by atoms with Gasteiger partial charge >= 0.3 is 0 Å². The van der Waals surface area contributed by atoms with Crippen LogP contribution in [0.4, 0.5) is 0 Å². The Morgan fingerprint density at radius 1 is 1.67 bits per heavy atom. The molecule has 0 aliphatic rings. The van der Waals surface area contributed by atoms with Crippen LogP contribution in [0.1, 0.15) is 6.92 Å². The molecular formula is C3H11BrN2. The van der Waals surface area contributed by atoms with Gasteiger partial charge in [0.05, 0.1) is 0 Å². The van der Waals surface area contributed by atoms with Crippen LogP contribution in [0.5, 0.6) is 0 Å². The van der Waals surface area contributed by atoms with Gasteiger partial charge in [-0.15, -0.1) is 17.0 Å². The third-order valence-electron chi connectivity index (χ3n) is 0.372. The molecule has 0 saturated heterocycles. The summed E-state index contributed by atoms with van der Waals surface area (Å²) in [5, 5.41) is 0. The van der Waals surface area contributed by atoms with E-state index in [1.54, 1.807) is 0 Å². The van der Waals surface area contributed by atoms with Gasteiger partial charge in [0.15, 0.2) is 0 Å². The second-order valence-corrected chi connectivity index (χ2v) is 1.21. The highest BCUT2D eigenvalue weighted by Crippen LogP contribution is 1.59. The lowest BCUT2D eigenvalue weighted by Crippen LogP contribution is -2.25. The van der Waals surface area contributed by atoms with E-state index in [-0.39, 0.29) is 23.0 Å². The van der Waals surface area contributed by atoms with Gasteiger partial charge in [0.1, 0.15) is 0 Å². The first kappa shape index (κ1) is 9.64. The molecule has 4 N–H and O–H groups in total. The summed E-state index contributed by atoms with van der Waals surface area (Å²) >= 11 is 0. The smallest absolute Gasteiger partial charge is 0.0134 e. The van der Waals surface area contributed by atoms with E-state index in [2.05, 4.69) is 0 Å². The van der Waals surface area contributed by atoms with Crippen LogP contribution in [-0.4, -0.2) is 12.6 Å². The van der Waals surface area contributed by atoms with Crippen LogP contribution in [0.25, 0.3) is 0 Å². The lowest BCUT2D eigenvalue weighted by Gasteiger charge is -1.92. The maximum absolute atomic E-state index is 5.17. The fourth-order valence-corrected chi connectivity index (χ4v) is 0. The SMILES string of the molecule is Br.CC(N)CN. The average Bonchev–Trinajstić information content (AvgIpc) is 1.38. The van der Waals surface area contributed by atoms with Crippen LogP contribution >= 0.6 is 17.0 Å². The van der Waals surface area contributed by atoms with Crippen molar-refractivity contribution in [2.75, 3.05) is 6.54 Å². The highest BCUT2D eigenvalue weighted by atomic mass is 79.9. The van der Waals surface area contributed by atoms with Crippen LogP contribution in [0.15, 0.2) is 0 Å². The molecule has 0 aliphatic heterocycles. The maximum Gasteiger partial charge on any atom is 0.0134 e. The quantitative estimate of drug-likeness (QED) is 0.554. The minimum Gasteiger partial charge on any atom is -0.329 e. The third-order valence-corrected chi connectivity index (χ3v) is 0.372. The van der Waals surface area contributed by atoms with Gasteiger partial charge in [-0.1, -0.05) is 0 Å². The van der Waals surface area contributed by atoms with E-state index in [0.717, 1.165) is 0 Å². The number of hydrogen-bond donors (Lipinski definition) is 2. The van der Waals surface area contributed by atoms with Crippen LogP contribution in [0.2, 0.25) is 0 Å². The van der Waals surface area contributed by atoms with Crippen LogP contribution in [-0.2, 0) is 0 Å². The summed E-state index contributed by atoms with van der Waals surface area (Å²) < 4.78 is 0. The predicted molar refractivity (Wildman–Crippen MR) is 33.0 cm³/mol. The monoisotopic (exact) mass is 154 g/mol. The van der Waals surface area contributed by atoms with Crippen LogP contribution in [0.3, 0.4) is 0 Å². The molecule has 0 bridgehead atoms. The van der Waals surface area contributed by atoms with Gasteiger partial charge in [0, 0.05) is 12.6 Å². The van der Waals surface area contributed by atoms with Gasteiger partial charge in [-0.2, -0.15) is 0 Å². The first-order valence-electron chi connectivity index (χ1n) is 1.73. The fraction of sp³-hybridized carbons (Fsp3) is 1.00. The molecule has 0 rings (SSSR count). The standard InChI is InChI=1S/C3H10N2.BrH/c1-3(5)2-4;/h3H,2,4-5H2,1H3;1H. The molecule has 0 radical (unpaired) electrons. The highest BCUT2D eigenvalue weighted by Gasteiger charge is 1.79. The Kier molecular flexibility index (Phi) is 8.68. The Bertz CT molecular complexity index is 22.8. The topological polar surface area (TPSA) is 52.0 Å². The van der Waals surface area contributed by atoms with Crippen LogP contribution < -0.4 is 11.5 Å². The zero-order valence-corrected chi connectivity index (χ0v) is 5.56. The molecule has 0 heterocycles. The minimum absolute atomic E-state index is 0. The molecule has 1 unspecified atom stereocenters.